The van der Waals surface area contributed by atoms with Crippen molar-refractivity contribution in [2.75, 3.05) is 17.5 Å². The van der Waals surface area contributed by atoms with Crippen LogP contribution in [0, 0.1) is 0 Å². The molecule has 0 bridgehead atoms. The van der Waals surface area contributed by atoms with Crippen molar-refractivity contribution in [2.24, 2.45) is 0 Å². The number of hydrogen-bond acceptors (Lipinski definition) is 3. The highest BCUT2D eigenvalue weighted by molar-refractivity contribution is 7.92. The van der Waals surface area contributed by atoms with E-state index in [9.17, 15) is 13.2 Å². The molecular weight excluding hydrogens is 336 g/mol. The van der Waals surface area contributed by atoms with Gasteiger partial charge in [0, 0.05) is 12.0 Å². The molecule has 0 unspecified atom stereocenters. The minimum absolute atomic E-state index is 0.0177. The molecule has 6 heteroatoms. The topological polar surface area (TPSA) is 75.3 Å². The van der Waals surface area contributed by atoms with Gasteiger partial charge in [0.05, 0.1) is 17.5 Å². The van der Waals surface area contributed by atoms with Gasteiger partial charge in [0.25, 0.3) is 5.91 Å². The van der Waals surface area contributed by atoms with E-state index in [1.54, 1.807) is 24.3 Å². The summed E-state index contributed by atoms with van der Waals surface area (Å²) in [4.78, 5) is 12.6. The van der Waals surface area contributed by atoms with E-state index in [0.29, 0.717) is 17.8 Å². The molecule has 0 saturated heterocycles. The van der Waals surface area contributed by atoms with E-state index in [1.807, 2.05) is 18.2 Å². The fourth-order valence-electron chi connectivity index (χ4n) is 3.28. The molecule has 0 aliphatic heterocycles. The minimum Gasteiger partial charge on any atom is -0.351 e. The van der Waals surface area contributed by atoms with Crippen molar-refractivity contribution in [3.05, 3.63) is 65.7 Å². The highest BCUT2D eigenvalue weighted by Crippen LogP contribution is 2.43. The van der Waals surface area contributed by atoms with Crippen LogP contribution < -0.4 is 10.0 Å². The summed E-state index contributed by atoms with van der Waals surface area (Å²) in [5.41, 5.74) is 1.85. The number of sulfonamides is 1. The van der Waals surface area contributed by atoms with Crippen LogP contribution in [0.1, 0.15) is 35.2 Å². The summed E-state index contributed by atoms with van der Waals surface area (Å²) in [5, 5.41) is 2.99. The molecule has 0 radical (unpaired) electrons. The van der Waals surface area contributed by atoms with E-state index in [2.05, 4.69) is 22.2 Å². The van der Waals surface area contributed by atoms with Gasteiger partial charge in [0.15, 0.2) is 0 Å². The fraction of sp³-hybridized carbons (Fsp3) is 0.316. The molecule has 0 aromatic heterocycles. The van der Waals surface area contributed by atoms with Gasteiger partial charge in [-0.15, -0.1) is 0 Å². The highest BCUT2D eigenvalue weighted by atomic mass is 32.2. The van der Waals surface area contributed by atoms with Crippen LogP contribution >= 0.6 is 0 Å². The summed E-state index contributed by atoms with van der Waals surface area (Å²) in [6.45, 7) is 0.545. The number of amides is 1. The zero-order chi connectivity index (χ0) is 17.9. The zero-order valence-electron chi connectivity index (χ0n) is 14.2. The predicted molar refractivity (Wildman–Crippen MR) is 99.2 cm³/mol. The molecule has 1 fully saturated rings. The Morgan fingerprint density at radius 1 is 1.04 bits per heavy atom. The Kier molecular flexibility index (Phi) is 4.81. The third kappa shape index (κ3) is 4.02. The van der Waals surface area contributed by atoms with Crippen molar-refractivity contribution in [3.63, 3.8) is 0 Å². The average molecular weight is 358 g/mol. The number of carbonyl (C=O) groups is 1. The van der Waals surface area contributed by atoms with Crippen molar-refractivity contribution >= 4 is 21.6 Å². The maximum absolute atomic E-state index is 12.6. The number of hydrogen-bond donors (Lipinski definition) is 2. The Balaban J connectivity index is 1.75. The van der Waals surface area contributed by atoms with Crippen molar-refractivity contribution in [2.45, 2.75) is 24.7 Å². The number of para-hydroxylation sites is 1. The van der Waals surface area contributed by atoms with E-state index in [0.717, 1.165) is 25.5 Å². The molecule has 2 N–H and O–H groups in total. The molecule has 1 aliphatic carbocycles. The molecule has 132 valence electrons. The number of anilines is 1. The summed E-state index contributed by atoms with van der Waals surface area (Å²) in [5.74, 6) is -0.269. The average Bonchev–Trinajstić information content (AvgIpc) is 2.54. The lowest BCUT2D eigenvalue weighted by atomic mass is 9.64. The molecular formula is C19H22N2O3S. The molecule has 0 heterocycles. The Morgan fingerprint density at radius 2 is 1.68 bits per heavy atom. The summed E-state index contributed by atoms with van der Waals surface area (Å²) < 4.78 is 25.4. The smallest absolute Gasteiger partial charge is 0.253 e. The number of benzene rings is 2. The molecule has 3 rings (SSSR count). The molecule has 2 aromatic carbocycles. The first-order valence-corrected chi connectivity index (χ1v) is 10.2. The Hall–Kier alpha value is -2.34. The maximum Gasteiger partial charge on any atom is 0.253 e. The normalized spacial score (nSPS) is 15.9. The van der Waals surface area contributed by atoms with Gasteiger partial charge in [0.1, 0.15) is 0 Å². The highest BCUT2D eigenvalue weighted by Gasteiger charge is 2.38. The summed E-state index contributed by atoms with van der Waals surface area (Å²) in [6, 6.07) is 16.9. The number of nitrogens with one attached hydrogen (secondary N) is 2. The van der Waals surface area contributed by atoms with Crippen LogP contribution in [-0.4, -0.2) is 27.1 Å². The maximum atomic E-state index is 12.6. The van der Waals surface area contributed by atoms with E-state index in [4.69, 9.17) is 0 Å². The van der Waals surface area contributed by atoms with Crippen LogP contribution in [0.4, 0.5) is 5.69 Å². The van der Waals surface area contributed by atoms with E-state index >= 15 is 0 Å². The molecule has 1 saturated carbocycles. The number of carbonyl (C=O) groups excluding carboxylic acids is 1. The van der Waals surface area contributed by atoms with Crippen LogP contribution in [0.2, 0.25) is 0 Å². The number of rotatable bonds is 6. The van der Waals surface area contributed by atoms with Crippen molar-refractivity contribution < 1.29 is 13.2 Å². The van der Waals surface area contributed by atoms with Crippen LogP contribution in [0.15, 0.2) is 54.6 Å². The molecule has 0 spiro atoms. The van der Waals surface area contributed by atoms with E-state index in [1.165, 1.54) is 5.56 Å². The van der Waals surface area contributed by atoms with Crippen molar-refractivity contribution in [1.82, 2.24) is 5.32 Å². The first-order valence-electron chi connectivity index (χ1n) is 8.30. The van der Waals surface area contributed by atoms with E-state index < -0.39 is 10.0 Å². The van der Waals surface area contributed by atoms with Gasteiger partial charge in [-0.25, -0.2) is 8.42 Å². The minimum atomic E-state index is -3.44. The molecule has 2 aromatic rings. The fourth-order valence-corrected chi connectivity index (χ4v) is 3.85. The molecule has 1 amide bonds. The van der Waals surface area contributed by atoms with Crippen LogP contribution in [0.25, 0.3) is 0 Å². The van der Waals surface area contributed by atoms with Gasteiger partial charge < -0.3 is 5.32 Å². The Labute approximate surface area is 148 Å². The standard InChI is InChI=1S/C19H22N2O3S/c1-25(23,24)21-17-11-6-5-10-16(17)18(22)20-14-19(12-7-13-19)15-8-3-2-4-9-15/h2-6,8-11,21H,7,12-14H2,1H3,(H,20,22). The Bertz CT molecular complexity index is 859. The first kappa shape index (κ1) is 17.5. The van der Waals surface area contributed by atoms with Gasteiger partial charge >= 0.3 is 0 Å². The van der Waals surface area contributed by atoms with Gasteiger partial charge in [-0.05, 0) is 30.5 Å². The van der Waals surface area contributed by atoms with Crippen molar-refractivity contribution in [3.8, 4) is 0 Å². The first-order chi connectivity index (χ1) is 11.9. The van der Waals surface area contributed by atoms with Gasteiger partial charge in [-0.2, -0.15) is 0 Å². The second kappa shape index (κ2) is 6.88. The summed E-state index contributed by atoms with van der Waals surface area (Å²) in [7, 11) is -3.44. The monoisotopic (exact) mass is 358 g/mol. The second-order valence-corrected chi connectivity index (χ2v) is 8.35. The van der Waals surface area contributed by atoms with Crippen molar-refractivity contribution in [1.29, 1.82) is 0 Å². The van der Waals surface area contributed by atoms with E-state index in [-0.39, 0.29) is 11.3 Å². The summed E-state index contributed by atoms with van der Waals surface area (Å²) in [6.07, 6.45) is 4.30. The SMILES string of the molecule is CS(=O)(=O)Nc1ccccc1C(=O)NCC1(c2ccccc2)CCC1. The van der Waals surface area contributed by atoms with Gasteiger partial charge in [-0.3, -0.25) is 9.52 Å². The van der Waals surface area contributed by atoms with Gasteiger partial charge in [-0.1, -0.05) is 48.9 Å². The lowest BCUT2D eigenvalue weighted by Crippen LogP contribution is -2.45. The largest absolute Gasteiger partial charge is 0.351 e. The Morgan fingerprint density at radius 3 is 2.28 bits per heavy atom. The molecule has 25 heavy (non-hydrogen) atoms. The molecule has 0 atom stereocenters. The lowest BCUT2D eigenvalue weighted by Gasteiger charge is -2.42. The second-order valence-electron chi connectivity index (χ2n) is 6.60. The van der Waals surface area contributed by atoms with Crippen LogP contribution in [-0.2, 0) is 15.4 Å². The molecule has 1 aliphatic rings. The summed E-state index contributed by atoms with van der Waals surface area (Å²) >= 11 is 0. The van der Waals surface area contributed by atoms with Crippen LogP contribution in [0.3, 0.4) is 0 Å². The third-order valence-electron chi connectivity index (χ3n) is 4.75. The molecule has 5 nitrogen and oxygen atoms in total. The zero-order valence-corrected chi connectivity index (χ0v) is 15.0. The third-order valence-corrected chi connectivity index (χ3v) is 5.34. The quantitative estimate of drug-likeness (QED) is 0.834. The van der Waals surface area contributed by atoms with Gasteiger partial charge in [0.2, 0.25) is 10.0 Å². The lowest BCUT2D eigenvalue weighted by molar-refractivity contribution is 0.0929. The van der Waals surface area contributed by atoms with Crippen LogP contribution in [0.5, 0.6) is 0 Å². The predicted octanol–water partition coefficient (Wildman–Crippen LogP) is 2.91.